The maximum atomic E-state index is 9.31. The van der Waals surface area contributed by atoms with Crippen LogP contribution < -0.4 is 9.80 Å². The second-order valence-corrected chi connectivity index (χ2v) is 5.81. The van der Waals surface area contributed by atoms with Gasteiger partial charge in [0.15, 0.2) is 0 Å². The molecule has 2 aromatic rings. The molecule has 5 nitrogen and oxygen atoms in total. The van der Waals surface area contributed by atoms with Crippen LogP contribution >= 0.6 is 0 Å². The Bertz CT molecular complexity index is 643. The van der Waals surface area contributed by atoms with Gasteiger partial charge in [-0.25, -0.2) is 0 Å². The first-order valence-electron chi connectivity index (χ1n) is 8.73. The molecule has 1 aromatic heterocycles. The summed E-state index contributed by atoms with van der Waals surface area (Å²) in [7, 11) is 0. The number of piperazine rings is 1. The smallest absolute Gasteiger partial charge is 0.115 e. The summed E-state index contributed by atoms with van der Waals surface area (Å²) in [5.74, 6) is 0.319. The Labute approximate surface area is 155 Å². The Morgan fingerprint density at radius 1 is 0.846 bits per heavy atom. The molecule has 0 radical (unpaired) electrons. The number of rotatable bonds is 6. The van der Waals surface area contributed by atoms with Gasteiger partial charge in [0.05, 0.1) is 13.2 Å². The van der Waals surface area contributed by atoms with Crippen molar-refractivity contribution >= 4 is 11.4 Å². The van der Waals surface area contributed by atoms with Crippen molar-refractivity contribution in [1.29, 1.82) is 0 Å². The molecule has 138 valence electrons. The number of pyridine rings is 1. The summed E-state index contributed by atoms with van der Waals surface area (Å²) in [5, 5.41) is 9.31. The zero-order chi connectivity index (χ0) is 18.6. The van der Waals surface area contributed by atoms with E-state index in [4.69, 9.17) is 4.74 Å². The van der Waals surface area contributed by atoms with E-state index in [0.717, 1.165) is 26.2 Å². The molecule has 0 aliphatic carbocycles. The summed E-state index contributed by atoms with van der Waals surface area (Å²) in [5.41, 5.74) is 2.41. The lowest BCUT2D eigenvalue weighted by Crippen LogP contribution is -2.46. The van der Waals surface area contributed by atoms with Crippen LogP contribution in [0.25, 0.3) is 0 Å². The number of anilines is 2. The summed E-state index contributed by atoms with van der Waals surface area (Å²) in [6.45, 7) is 12.2. The highest BCUT2D eigenvalue weighted by Gasteiger charge is 2.17. The highest BCUT2D eigenvalue weighted by Crippen LogP contribution is 2.21. The second-order valence-electron chi connectivity index (χ2n) is 5.81. The third-order valence-electron chi connectivity index (χ3n) is 3.99. The molecule has 3 rings (SSSR count). The average Bonchev–Trinajstić information content (AvgIpc) is 2.70. The van der Waals surface area contributed by atoms with Crippen LogP contribution in [0.1, 0.15) is 0 Å². The zero-order valence-corrected chi connectivity index (χ0v) is 15.1. The Kier molecular flexibility index (Phi) is 8.23. The molecule has 0 bridgehead atoms. The van der Waals surface area contributed by atoms with Gasteiger partial charge < -0.3 is 19.6 Å². The first kappa shape index (κ1) is 19.5. The van der Waals surface area contributed by atoms with Crippen LogP contribution in [0.3, 0.4) is 0 Å². The number of ether oxygens (including phenoxy) is 1. The van der Waals surface area contributed by atoms with E-state index in [2.05, 4.69) is 40.1 Å². The minimum Gasteiger partial charge on any atom is -0.508 e. The van der Waals surface area contributed by atoms with Crippen LogP contribution in [0.15, 0.2) is 74.1 Å². The highest BCUT2D eigenvalue weighted by atomic mass is 16.5. The summed E-state index contributed by atoms with van der Waals surface area (Å²) >= 11 is 0. The lowest BCUT2D eigenvalue weighted by atomic mass is 10.2. The molecule has 0 unspecified atom stereocenters. The first-order chi connectivity index (χ1) is 12.7. The van der Waals surface area contributed by atoms with Crippen molar-refractivity contribution in [2.45, 2.75) is 0 Å². The van der Waals surface area contributed by atoms with Gasteiger partial charge in [-0.05, 0) is 36.4 Å². The van der Waals surface area contributed by atoms with Gasteiger partial charge >= 0.3 is 0 Å². The van der Waals surface area contributed by atoms with Gasteiger partial charge in [-0.3, -0.25) is 4.98 Å². The molecular weight excluding hydrogens is 326 g/mol. The molecule has 1 aromatic carbocycles. The van der Waals surface area contributed by atoms with E-state index < -0.39 is 0 Å². The maximum Gasteiger partial charge on any atom is 0.115 e. The molecular formula is C21H27N3O2. The van der Waals surface area contributed by atoms with E-state index in [1.54, 1.807) is 24.3 Å². The summed E-state index contributed by atoms with van der Waals surface area (Å²) < 4.78 is 4.90. The maximum absolute atomic E-state index is 9.31. The van der Waals surface area contributed by atoms with E-state index in [1.165, 1.54) is 11.4 Å². The van der Waals surface area contributed by atoms with Gasteiger partial charge in [0.2, 0.25) is 0 Å². The second kappa shape index (κ2) is 10.9. The van der Waals surface area contributed by atoms with Gasteiger partial charge in [0.1, 0.15) is 5.75 Å². The quantitative estimate of drug-likeness (QED) is 0.636. The van der Waals surface area contributed by atoms with Gasteiger partial charge in [0.25, 0.3) is 0 Å². The van der Waals surface area contributed by atoms with Crippen LogP contribution in [0.4, 0.5) is 11.4 Å². The number of aromatic nitrogens is 1. The number of benzene rings is 1. The first-order valence-corrected chi connectivity index (χ1v) is 8.73. The number of phenolic OH excluding ortho intramolecular Hbond substituents is 1. The molecule has 0 amide bonds. The topological polar surface area (TPSA) is 48.8 Å². The number of hydrogen-bond acceptors (Lipinski definition) is 5. The standard InChI is InChI=1S/C15H17N3O.C6H10O/c19-15-3-1-13(2-4-15)17-9-11-18(12-10-17)14-5-7-16-8-6-14;1-3-5-7-6-4-2/h1-8,19H,9-12H2;3-4H,1-2,5-6H2. The predicted molar refractivity (Wildman–Crippen MR) is 108 cm³/mol. The van der Waals surface area contributed by atoms with Crippen molar-refractivity contribution in [3.05, 3.63) is 74.1 Å². The van der Waals surface area contributed by atoms with Crippen molar-refractivity contribution < 1.29 is 9.84 Å². The van der Waals surface area contributed by atoms with Gasteiger partial charge in [-0.2, -0.15) is 0 Å². The van der Waals surface area contributed by atoms with Crippen LogP contribution in [0.2, 0.25) is 0 Å². The van der Waals surface area contributed by atoms with Crippen LogP contribution in [0.5, 0.6) is 5.75 Å². The number of hydrogen-bond donors (Lipinski definition) is 1. The Morgan fingerprint density at radius 2 is 1.31 bits per heavy atom. The summed E-state index contributed by atoms with van der Waals surface area (Å²) in [4.78, 5) is 8.77. The Balaban J connectivity index is 0.000000298. The summed E-state index contributed by atoms with van der Waals surface area (Å²) in [6.07, 6.45) is 7.09. The molecule has 26 heavy (non-hydrogen) atoms. The molecule has 1 N–H and O–H groups in total. The minimum atomic E-state index is 0.319. The van der Waals surface area contributed by atoms with Crippen molar-refractivity contribution in [3.63, 3.8) is 0 Å². The third-order valence-corrected chi connectivity index (χ3v) is 3.99. The van der Waals surface area contributed by atoms with E-state index in [0.29, 0.717) is 19.0 Å². The van der Waals surface area contributed by atoms with E-state index in [-0.39, 0.29) is 0 Å². The molecule has 5 heteroatoms. The third kappa shape index (κ3) is 6.26. The van der Waals surface area contributed by atoms with Crippen LogP contribution in [-0.2, 0) is 4.74 Å². The Hall–Kier alpha value is -2.79. The molecule has 1 aliphatic rings. The van der Waals surface area contributed by atoms with E-state index >= 15 is 0 Å². The van der Waals surface area contributed by atoms with E-state index in [1.807, 2.05) is 24.5 Å². The number of phenols is 1. The van der Waals surface area contributed by atoms with Gasteiger partial charge in [0, 0.05) is 49.9 Å². The molecule has 1 fully saturated rings. The fourth-order valence-corrected chi connectivity index (χ4v) is 2.68. The fourth-order valence-electron chi connectivity index (χ4n) is 2.68. The molecule has 2 heterocycles. The van der Waals surface area contributed by atoms with Crippen molar-refractivity contribution in [1.82, 2.24) is 4.98 Å². The van der Waals surface area contributed by atoms with Crippen molar-refractivity contribution in [2.75, 3.05) is 49.2 Å². The SMILES string of the molecule is C=CCOCC=C.Oc1ccc(N2CCN(c3ccncc3)CC2)cc1. The minimum absolute atomic E-state index is 0.319. The van der Waals surface area contributed by atoms with Gasteiger partial charge in [-0.1, -0.05) is 12.2 Å². The normalized spacial score (nSPS) is 13.5. The predicted octanol–water partition coefficient (Wildman–Crippen LogP) is 3.49. The Morgan fingerprint density at radius 3 is 1.77 bits per heavy atom. The van der Waals surface area contributed by atoms with Crippen LogP contribution in [0, 0.1) is 0 Å². The molecule has 1 aliphatic heterocycles. The lowest BCUT2D eigenvalue weighted by Gasteiger charge is -2.37. The molecule has 1 saturated heterocycles. The van der Waals surface area contributed by atoms with Crippen LogP contribution in [-0.4, -0.2) is 49.5 Å². The number of aromatic hydroxyl groups is 1. The zero-order valence-electron chi connectivity index (χ0n) is 15.1. The largest absolute Gasteiger partial charge is 0.508 e. The highest BCUT2D eigenvalue weighted by molar-refractivity contribution is 5.52. The molecule has 0 saturated carbocycles. The lowest BCUT2D eigenvalue weighted by molar-refractivity contribution is 0.194. The number of nitrogens with zero attached hydrogens (tertiary/aromatic N) is 3. The molecule has 0 spiro atoms. The van der Waals surface area contributed by atoms with E-state index in [9.17, 15) is 5.11 Å². The van der Waals surface area contributed by atoms with Gasteiger partial charge in [-0.15, -0.1) is 13.2 Å². The average molecular weight is 353 g/mol. The monoisotopic (exact) mass is 353 g/mol. The fraction of sp³-hybridized carbons (Fsp3) is 0.286. The van der Waals surface area contributed by atoms with Crippen molar-refractivity contribution in [2.24, 2.45) is 0 Å². The van der Waals surface area contributed by atoms with Crippen molar-refractivity contribution in [3.8, 4) is 5.75 Å². The summed E-state index contributed by atoms with van der Waals surface area (Å²) in [6, 6.07) is 11.5. The molecule has 0 atom stereocenters.